The second-order valence-electron chi connectivity index (χ2n) is 3.58. The third kappa shape index (κ3) is 8.04. The van der Waals surface area contributed by atoms with Crippen molar-refractivity contribution >= 4 is 0 Å². The lowest BCUT2D eigenvalue weighted by molar-refractivity contribution is 1.04. The molecule has 17 heavy (non-hydrogen) atoms. The number of allylic oxidation sites excluding steroid dienone is 11. The van der Waals surface area contributed by atoms with Crippen molar-refractivity contribution in [3.05, 3.63) is 85.6 Å². The maximum atomic E-state index is 3.82. The molecule has 90 valence electrons. The van der Waals surface area contributed by atoms with Gasteiger partial charge in [0.2, 0.25) is 0 Å². The molecule has 0 saturated heterocycles. The highest BCUT2D eigenvalue weighted by Gasteiger charge is 1.92. The maximum absolute atomic E-state index is 3.82. The SMILES string of the molecule is C=C\C=C/C=C(C=C)/C(C)=C/CC/C=C\C=C. The lowest BCUT2D eigenvalue weighted by atomic mass is 10.1. The highest BCUT2D eigenvalue weighted by atomic mass is 14.0. The van der Waals surface area contributed by atoms with Gasteiger partial charge in [0.15, 0.2) is 0 Å². The highest BCUT2D eigenvalue weighted by molar-refractivity contribution is 5.40. The third-order valence-corrected chi connectivity index (χ3v) is 2.25. The van der Waals surface area contributed by atoms with Crippen molar-refractivity contribution in [2.24, 2.45) is 0 Å². The quantitative estimate of drug-likeness (QED) is 0.388. The topological polar surface area (TPSA) is 0 Å². The van der Waals surface area contributed by atoms with Gasteiger partial charge in [0.25, 0.3) is 0 Å². The monoisotopic (exact) mass is 226 g/mol. The van der Waals surface area contributed by atoms with Crippen molar-refractivity contribution in [3.63, 3.8) is 0 Å². The lowest BCUT2D eigenvalue weighted by Gasteiger charge is -2.00. The summed E-state index contributed by atoms with van der Waals surface area (Å²) in [5, 5.41) is 0. The van der Waals surface area contributed by atoms with Crippen LogP contribution in [0.15, 0.2) is 85.6 Å². The van der Waals surface area contributed by atoms with E-state index in [1.807, 2.05) is 30.4 Å². The van der Waals surface area contributed by atoms with Gasteiger partial charge in [0.1, 0.15) is 0 Å². The van der Waals surface area contributed by atoms with E-state index in [9.17, 15) is 0 Å². The average Bonchev–Trinajstić information content (AvgIpc) is 2.34. The Morgan fingerprint density at radius 1 is 0.941 bits per heavy atom. The molecule has 0 aromatic rings. The van der Waals surface area contributed by atoms with Crippen LogP contribution in [-0.2, 0) is 0 Å². The molecule has 0 nitrogen and oxygen atoms in total. The first-order chi connectivity index (χ1) is 8.26. The molecule has 0 spiro atoms. The van der Waals surface area contributed by atoms with Gasteiger partial charge < -0.3 is 0 Å². The zero-order chi connectivity index (χ0) is 12.9. The van der Waals surface area contributed by atoms with Crippen molar-refractivity contribution in [3.8, 4) is 0 Å². The third-order valence-electron chi connectivity index (χ3n) is 2.25. The lowest BCUT2D eigenvalue weighted by Crippen LogP contribution is -1.80. The number of hydrogen-bond acceptors (Lipinski definition) is 0. The fourth-order valence-electron chi connectivity index (χ4n) is 1.30. The minimum atomic E-state index is 1.03. The van der Waals surface area contributed by atoms with E-state index < -0.39 is 0 Å². The second kappa shape index (κ2) is 10.7. The molecule has 0 unspecified atom stereocenters. The van der Waals surface area contributed by atoms with Gasteiger partial charge in [-0.2, -0.15) is 0 Å². The minimum Gasteiger partial charge on any atom is -0.0991 e. The van der Waals surface area contributed by atoms with Crippen LogP contribution in [0.1, 0.15) is 19.8 Å². The molecular formula is C17H22. The molecule has 0 aliphatic rings. The molecule has 0 aliphatic carbocycles. The van der Waals surface area contributed by atoms with Crippen molar-refractivity contribution in [1.29, 1.82) is 0 Å². The Morgan fingerprint density at radius 2 is 1.65 bits per heavy atom. The normalized spacial score (nSPS) is 13.2. The van der Waals surface area contributed by atoms with Gasteiger partial charge in [-0.15, -0.1) is 0 Å². The molecule has 0 heterocycles. The molecule has 0 fully saturated rings. The van der Waals surface area contributed by atoms with Crippen LogP contribution in [0, 0.1) is 0 Å². The van der Waals surface area contributed by atoms with Gasteiger partial charge in [0.05, 0.1) is 0 Å². The first-order valence-corrected chi connectivity index (χ1v) is 5.82. The predicted molar refractivity (Wildman–Crippen MR) is 79.9 cm³/mol. The van der Waals surface area contributed by atoms with E-state index >= 15 is 0 Å². The van der Waals surface area contributed by atoms with Gasteiger partial charge in [-0.1, -0.05) is 74.4 Å². The van der Waals surface area contributed by atoms with Crippen LogP contribution in [0.5, 0.6) is 0 Å². The van der Waals surface area contributed by atoms with Crippen LogP contribution in [0.25, 0.3) is 0 Å². The summed E-state index contributed by atoms with van der Waals surface area (Å²) in [5.74, 6) is 0. The van der Waals surface area contributed by atoms with E-state index in [1.54, 1.807) is 12.2 Å². The molecule has 0 atom stereocenters. The van der Waals surface area contributed by atoms with Crippen LogP contribution in [-0.4, -0.2) is 0 Å². The van der Waals surface area contributed by atoms with Crippen molar-refractivity contribution in [1.82, 2.24) is 0 Å². The van der Waals surface area contributed by atoms with Crippen molar-refractivity contribution in [2.75, 3.05) is 0 Å². The molecule has 0 aliphatic heterocycles. The van der Waals surface area contributed by atoms with Crippen LogP contribution < -0.4 is 0 Å². The van der Waals surface area contributed by atoms with E-state index in [0.717, 1.165) is 18.4 Å². The van der Waals surface area contributed by atoms with Crippen LogP contribution in [0.2, 0.25) is 0 Å². The van der Waals surface area contributed by atoms with Gasteiger partial charge in [-0.3, -0.25) is 0 Å². The summed E-state index contributed by atoms with van der Waals surface area (Å²) >= 11 is 0. The number of unbranched alkanes of at least 4 members (excludes halogenated alkanes) is 1. The molecule has 0 bridgehead atoms. The summed E-state index contributed by atoms with van der Waals surface area (Å²) in [6, 6.07) is 0. The first-order valence-electron chi connectivity index (χ1n) is 5.82. The van der Waals surface area contributed by atoms with E-state index in [-0.39, 0.29) is 0 Å². The zero-order valence-electron chi connectivity index (χ0n) is 10.7. The molecule has 0 heteroatoms. The fraction of sp³-hybridized carbons (Fsp3) is 0.176. The van der Waals surface area contributed by atoms with Crippen LogP contribution in [0.3, 0.4) is 0 Å². The molecule has 0 aromatic carbocycles. The van der Waals surface area contributed by atoms with E-state index in [4.69, 9.17) is 0 Å². The fourth-order valence-corrected chi connectivity index (χ4v) is 1.30. The van der Waals surface area contributed by atoms with Crippen molar-refractivity contribution in [2.45, 2.75) is 19.8 Å². The van der Waals surface area contributed by atoms with E-state index in [0.29, 0.717) is 0 Å². The van der Waals surface area contributed by atoms with Crippen LogP contribution >= 0.6 is 0 Å². The summed E-state index contributed by atoms with van der Waals surface area (Å²) in [7, 11) is 0. The summed E-state index contributed by atoms with van der Waals surface area (Å²) in [6.45, 7) is 13.2. The van der Waals surface area contributed by atoms with Gasteiger partial charge in [-0.25, -0.2) is 0 Å². The Hall–Kier alpha value is -1.82. The maximum Gasteiger partial charge on any atom is -0.0236 e. The van der Waals surface area contributed by atoms with E-state index in [1.165, 1.54) is 5.57 Å². The van der Waals surface area contributed by atoms with E-state index in [2.05, 4.69) is 38.8 Å². The van der Waals surface area contributed by atoms with Crippen LogP contribution in [0.4, 0.5) is 0 Å². The van der Waals surface area contributed by atoms with Gasteiger partial charge in [0, 0.05) is 0 Å². The Morgan fingerprint density at radius 3 is 2.24 bits per heavy atom. The molecular weight excluding hydrogens is 204 g/mol. The highest BCUT2D eigenvalue weighted by Crippen LogP contribution is 2.12. The largest absolute Gasteiger partial charge is 0.0991 e. The minimum absolute atomic E-state index is 1.03. The Labute approximate surface area is 106 Å². The van der Waals surface area contributed by atoms with Gasteiger partial charge >= 0.3 is 0 Å². The number of hydrogen-bond donors (Lipinski definition) is 0. The molecule has 0 aromatic heterocycles. The molecule has 0 N–H and O–H groups in total. The zero-order valence-corrected chi connectivity index (χ0v) is 10.7. The van der Waals surface area contributed by atoms with Gasteiger partial charge in [-0.05, 0) is 30.9 Å². The predicted octanol–water partition coefficient (Wildman–Crippen LogP) is 5.31. The standard InChI is InChI=1S/C17H22/c1-5-8-10-11-13-14-16(4)17(7-3)15-12-9-6-2/h5-10,12,14-15H,1-3,11,13H2,4H3/b10-8-,12-9-,16-14+,17-15+. The summed E-state index contributed by atoms with van der Waals surface area (Å²) in [4.78, 5) is 0. The first kappa shape index (κ1) is 15.2. The smallest absolute Gasteiger partial charge is 0.0236 e. The number of rotatable bonds is 8. The summed E-state index contributed by atoms with van der Waals surface area (Å²) < 4.78 is 0. The summed E-state index contributed by atoms with van der Waals surface area (Å²) in [5.41, 5.74) is 2.40. The Bertz CT molecular complexity index is 359. The average molecular weight is 226 g/mol. The second-order valence-corrected chi connectivity index (χ2v) is 3.58. The summed E-state index contributed by atoms with van der Waals surface area (Å²) in [6.07, 6.45) is 19.7. The molecule has 0 amide bonds. The Balaban J connectivity index is 4.41. The molecule has 0 radical (unpaired) electrons. The van der Waals surface area contributed by atoms with Crippen molar-refractivity contribution < 1.29 is 0 Å². The molecule has 0 saturated carbocycles. The molecule has 0 rings (SSSR count). The Kier molecular flexibility index (Phi) is 9.55.